The van der Waals surface area contributed by atoms with Crippen molar-refractivity contribution in [3.63, 3.8) is 0 Å². The number of aromatic nitrogens is 2. The molecule has 3 fully saturated rings. The molecule has 15 heavy (non-hydrogen) atoms. The van der Waals surface area contributed by atoms with Crippen molar-refractivity contribution in [2.45, 2.75) is 31.7 Å². The molecule has 1 aromatic heterocycles. The highest BCUT2D eigenvalue weighted by atomic mass is 35.5. The predicted octanol–water partition coefficient (Wildman–Crippen LogP) is 2.51. The number of anilines is 1. The van der Waals surface area contributed by atoms with Crippen molar-refractivity contribution < 1.29 is 0 Å². The Morgan fingerprint density at radius 1 is 1.20 bits per heavy atom. The zero-order chi connectivity index (χ0) is 10.3. The molecule has 1 aliphatic carbocycles. The largest absolute Gasteiger partial charge is 0.353 e. The Hall–Kier alpha value is -0.830. The molecule has 1 aromatic rings. The molecule has 0 atom stereocenters. The van der Waals surface area contributed by atoms with Crippen molar-refractivity contribution in [3.05, 3.63) is 17.5 Å². The van der Waals surface area contributed by atoms with Crippen molar-refractivity contribution in [2.75, 3.05) is 11.4 Å². The molecule has 0 amide bonds. The Labute approximate surface area is 94.5 Å². The quantitative estimate of drug-likeness (QED) is 0.685. The van der Waals surface area contributed by atoms with Gasteiger partial charge >= 0.3 is 0 Å². The molecule has 2 aliphatic heterocycles. The minimum atomic E-state index is 0.543. The molecule has 0 N–H and O–H groups in total. The predicted molar refractivity (Wildman–Crippen MR) is 60.1 cm³/mol. The lowest BCUT2D eigenvalue weighted by Gasteiger charge is -2.46. The highest BCUT2D eigenvalue weighted by Crippen LogP contribution is 2.37. The lowest BCUT2D eigenvalue weighted by Crippen LogP contribution is -2.48. The fraction of sp³-hybridized carbons (Fsp3) is 0.636. The summed E-state index contributed by atoms with van der Waals surface area (Å²) in [7, 11) is 0. The van der Waals surface area contributed by atoms with E-state index in [2.05, 4.69) is 14.9 Å². The minimum absolute atomic E-state index is 0.543. The number of hydrogen-bond donors (Lipinski definition) is 0. The fourth-order valence-electron chi connectivity index (χ4n) is 2.83. The fourth-order valence-corrected chi connectivity index (χ4v) is 2.97. The summed E-state index contributed by atoms with van der Waals surface area (Å²) < 4.78 is 0. The van der Waals surface area contributed by atoms with Gasteiger partial charge in [0, 0.05) is 18.7 Å². The molecule has 80 valence electrons. The molecule has 4 rings (SSSR count). The van der Waals surface area contributed by atoms with Crippen LogP contribution in [0.15, 0.2) is 12.4 Å². The number of rotatable bonds is 1. The molecule has 2 bridgehead atoms. The Kier molecular flexibility index (Phi) is 2.28. The van der Waals surface area contributed by atoms with Crippen molar-refractivity contribution >= 4 is 17.4 Å². The third kappa shape index (κ3) is 1.69. The first-order valence-electron chi connectivity index (χ1n) is 5.57. The topological polar surface area (TPSA) is 29.0 Å². The van der Waals surface area contributed by atoms with E-state index >= 15 is 0 Å². The number of fused-ring (bicyclic) bond motifs is 3. The van der Waals surface area contributed by atoms with Crippen molar-refractivity contribution in [1.82, 2.24) is 9.97 Å². The number of hydrogen-bond acceptors (Lipinski definition) is 3. The van der Waals surface area contributed by atoms with Gasteiger partial charge in [-0.25, -0.2) is 9.97 Å². The maximum atomic E-state index is 5.89. The van der Waals surface area contributed by atoms with Crippen LogP contribution < -0.4 is 4.90 Å². The zero-order valence-corrected chi connectivity index (χ0v) is 9.32. The first-order chi connectivity index (χ1) is 7.33. The summed E-state index contributed by atoms with van der Waals surface area (Å²) in [6.45, 7) is 1.15. The highest BCUT2D eigenvalue weighted by Gasteiger charge is 2.34. The lowest BCUT2D eigenvalue weighted by atomic mass is 9.80. The maximum Gasteiger partial charge on any atom is 0.134 e. The van der Waals surface area contributed by atoms with Crippen LogP contribution in [0.1, 0.15) is 25.7 Å². The monoisotopic (exact) mass is 223 g/mol. The van der Waals surface area contributed by atoms with Gasteiger partial charge in [0.25, 0.3) is 0 Å². The summed E-state index contributed by atoms with van der Waals surface area (Å²) in [6.07, 6.45) is 6.96. The van der Waals surface area contributed by atoms with E-state index in [-0.39, 0.29) is 0 Å². The molecule has 0 aromatic carbocycles. The molecule has 1 saturated carbocycles. The first kappa shape index (κ1) is 9.40. The Balaban J connectivity index is 1.88. The molecular weight excluding hydrogens is 210 g/mol. The van der Waals surface area contributed by atoms with Gasteiger partial charge in [-0.3, -0.25) is 0 Å². The van der Waals surface area contributed by atoms with E-state index in [1.54, 1.807) is 6.33 Å². The van der Waals surface area contributed by atoms with Crippen LogP contribution in [0, 0.1) is 5.92 Å². The zero-order valence-electron chi connectivity index (χ0n) is 8.56. The molecule has 0 spiro atoms. The second kappa shape index (κ2) is 3.63. The summed E-state index contributed by atoms with van der Waals surface area (Å²) in [5, 5.41) is 0.543. The maximum absolute atomic E-state index is 5.89. The van der Waals surface area contributed by atoms with Crippen molar-refractivity contribution in [1.29, 1.82) is 0 Å². The molecule has 0 unspecified atom stereocenters. The SMILES string of the molecule is Clc1cc(N2CC3CCC2CC3)ncn1. The summed E-state index contributed by atoms with van der Waals surface area (Å²) in [6, 6.07) is 2.56. The van der Waals surface area contributed by atoms with Gasteiger partial charge in [-0.1, -0.05) is 11.6 Å². The Morgan fingerprint density at radius 2 is 2.00 bits per heavy atom. The van der Waals surface area contributed by atoms with Gasteiger partial charge in [0.15, 0.2) is 0 Å². The normalized spacial score (nSPS) is 29.5. The van der Waals surface area contributed by atoms with Gasteiger partial charge < -0.3 is 4.90 Å². The molecule has 3 nitrogen and oxygen atoms in total. The minimum Gasteiger partial charge on any atom is -0.353 e. The van der Waals surface area contributed by atoms with Crippen LogP contribution in [0.4, 0.5) is 5.82 Å². The highest BCUT2D eigenvalue weighted by molar-refractivity contribution is 6.29. The van der Waals surface area contributed by atoms with E-state index in [1.165, 1.54) is 25.7 Å². The van der Waals surface area contributed by atoms with E-state index in [4.69, 9.17) is 11.6 Å². The van der Waals surface area contributed by atoms with Crippen molar-refractivity contribution in [3.8, 4) is 0 Å². The van der Waals surface area contributed by atoms with Gasteiger partial charge in [0.1, 0.15) is 17.3 Å². The van der Waals surface area contributed by atoms with E-state index in [0.717, 1.165) is 18.3 Å². The van der Waals surface area contributed by atoms with Crippen LogP contribution in [0.2, 0.25) is 5.15 Å². The Morgan fingerprint density at radius 3 is 2.60 bits per heavy atom. The third-order valence-corrected chi connectivity index (χ3v) is 3.83. The smallest absolute Gasteiger partial charge is 0.134 e. The van der Waals surface area contributed by atoms with Gasteiger partial charge in [-0.15, -0.1) is 0 Å². The molecular formula is C11H14ClN3. The third-order valence-electron chi connectivity index (χ3n) is 3.63. The van der Waals surface area contributed by atoms with Crippen LogP contribution >= 0.6 is 11.6 Å². The van der Waals surface area contributed by atoms with Gasteiger partial charge in [-0.05, 0) is 31.6 Å². The van der Waals surface area contributed by atoms with Crippen LogP contribution in [-0.2, 0) is 0 Å². The van der Waals surface area contributed by atoms with Crippen LogP contribution in [0.25, 0.3) is 0 Å². The van der Waals surface area contributed by atoms with E-state index in [0.29, 0.717) is 11.2 Å². The summed E-state index contributed by atoms with van der Waals surface area (Å²) in [5.74, 6) is 1.87. The van der Waals surface area contributed by atoms with E-state index < -0.39 is 0 Å². The second-order valence-electron chi connectivity index (χ2n) is 4.53. The number of nitrogens with zero attached hydrogens (tertiary/aromatic N) is 3. The summed E-state index contributed by atoms with van der Waals surface area (Å²) >= 11 is 5.89. The first-order valence-corrected chi connectivity index (χ1v) is 5.95. The average Bonchev–Trinajstić information content (AvgIpc) is 2.30. The number of piperidine rings is 2. The lowest BCUT2D eigenvalue weighted by molar-refractivity contribution is 0.251. The second-order valence-corrected chi connectivity index (χ2v) is 4.91. The summed E-state index contributed by atoms with van der Waals surface area (Å²) in [4.78, 5) is 10.6. The van der Waals surface area contributed by atoms with Crippen molar-refractivity contribution in [2.24, 2.45) is 5.92 Å². The van der Waals surface area contributed by atoms with Crippen LogP contribution in [0.5, 0.6) is 0 Å². The average molecular weight is 224 g/mol. The number of halogens is 1. The van der Waals surface area contributed by atoms with Gasteiger partial charge in [0.2, 0.25) is 0 Å². The molecule has 0 radical (unpaired) electrons. The van der Waals surface area contributed by atoms with Gasteiger partial charge in [0.05, 0.1) is 0 Å². The molecule has 2 saturated heterocycles. The Bertz CT molecular complexity index is 361. The van der Waals surface area contributed by atoms with E-state index in [9.17, 15) is 0 Å². The van der Waals surface area contributed by atoms with Crippen LogP contribution in [-0.4, -0.2) is 22.6 Å². The summed E-state index contributed by atoms with van der Waals surface area (Å²) in [5.41, 5.74) is 0. The standard InChI is InChI=1S/C11H14ClN3/c12-10-5-11(14-7-13-10)15-6-8-1-3-9(15)4-2-8/h5,7-9H,1-4,6H2. The van der Waals surface area contributed by atoms with E-state index in [1.807, 2.05) is 6.07 Å². The van der Waals surface area contributed by atoms with Crippen LogP contribution in [0.3, 0.4) is 0 Å². The molecule has 4 heteroatoms. The molecule has 3 aliphatic rings. The van der Waals surface area contributed by atoms with Gasteiger partial charge in [-0.2, -0.15) is 0 Å². The molecule has 3 heterocycles.